The average Bonchev–Trinajstić information content (AvgIpc) is 2.48. The van der Waals surface area contributed by atoms with Crippen LogP contribution in [0.4, 0.5) is 10.5 Å². The van der Waals surface area contributed by atoms with Gasteiger partial charge < -0.3 is 10.6 Å². The van der Waals surface area contributed by atoms with Crippen LogP contribution in [0.5, 0.6) is 0 Å². The second kappa shape index (κ2) is 7.29. The number of nitrogens with two attached hydrogens (primary N) is 1. The van der Waals surface area contributed by atoms with E-state index in [1.807, 2.05) is 40.1 Å². The first-order valence-electron chi connectivity index (χ1n) is 7.54. The van der Waals surface area contributed by atoms with Gasteiger partial charge >= 0.3 is 6.03 Å². The van der Waals surface area contributed by atoms with E-state index in [1.165, 1.54) is 6.42 Å². The number of hydrogen-bond donors (Lipinski definition) is 1. The number of nitrogens with zero attached hydrogens (tertiary/aromatic N) is 2. The lowest BCUT2D eigenvalue weighted by molar-refractivity contribution is 0.176. The summed E-state index contributed by atoms with van der Waals surface area (Å²) in [6.07, 6.45) is 3.15. The molecule has 0 spiro atoms. The quantitative estimate of drug-likeness (QED) is 0.918. The monoisotopic (exact) mass is 275 g/mol. The lowest BCUT2D eigenvalue weighted by Gasteiger charge is -2.35. The molecule has 4 heteroatoms. The number of piperidine rings is 1. The smallest absolute Gasteiger partial charge is 0.324 e. The molecule has 2 amide bonds. The maximum Gasteiger partial charge on any atom is 0.324 e. The number of benzene rings is 1. The van der Waals surface area contributed by atoms with Crippen molar-refractivity contribution in [3.8, 4) is 0 Å². The summed E-state index contributed by atoms with van der Waals surface area (Å²) in [5.74, 6) is 0.597. The second-order valence-corrected chi connectivity index (χ2v) is 5.61. The number of hydrogen-bond acceptors (Lipinski definition) is 2. The molecular weight excluding hydrogens is 250 g/mol. The Labute approximate surface area is 121 Å². The zero-order chi connectivity index (χ0) is 14.4. The second-order valence-electron chi connectivity index (χ2n) is 5.61. The number of amides is 2. The molecule has 1 heterocycles. The molecule has 4 nitrogen and oxygen atoms in total. The minimum absolute atomic E-state index is 0.121. The highest BCUT2D eigenvalue weighted by molar-refractivity contribution is 5.92. The van der Waals surface area contributed by atoms with Crippen molar-refractivity contribution in [2.45, 2.75) is 26.2 Å². The summed E-state index contributed by atoms with van der Waals surface area (Å²) in [4.78, 5) is 16.6. The molecule has 1 aromatic rings. The van der Waals surface area contributed by atoms with Gasteiger partial charge in [0, 0.05) is 25.3 Å². The average molecular weight is 275 g/mol. The molecule has 1 unspecified atom stereocenters. The predicted molar refractivity (Wildman–Crippen MR) is 82.8 cm³/mol. The number of para-hydroxylation sites is 1. The van der Waals surface area contributed by atoms with E-state index in [2.05, 4.69) is 6.92 Å². The highest BCUT2D eigenvalue weighted by atomic mass is 16.2. The van der Waals surface area contributed by atoms with E-state index < -0.39 is 0 Å². The number of carbonyl (C=O) groups is 1. The lowest BCUT2D eigenvalue weighted by atomic mass is 10.0. The number of likely N-dealkylation sites (tertiary alicyclic amines) is 1. The third-order valence-electron chi connectivity index (χ3n) is 3.81. The van der Waals surface area contributed by atoms with Crippen molar-refractivity contribution in [1.82, 2.24) is 4.90 Å². The van der Waals surface area contributed by atoms with Crippen molar-refractivity contribution < 1.29 is 4.79 Å². The summed E-state index contributed by atoms with van der Waals surface area (Å²) in [6.45, 7) is 5.24. The van der Waals surface area contributed by atoms with Gasteiger partial charge in [-0.1, -0.05) is 25.1 Å². The largest absolute Gasteiger partial charge is 0.330 e. The van der Waals surface area contributed by atoms with Gasteiger partial charge in [-0.25, -0.2) is 4.79 Å². The molecule has 20 heavy (non-hydrogen) atoms. The molecule has 0 radical (unpaired) electrons. The molecule has 0 aromatic heterocycles. The van der Waals surface area contributed by atoms with Crippen molar-refractivity contribution in [3.63, 3.8) is 0 Å². The van der Waals surface area contributed by atoms with Crippen LogP contribution >= 0.6 is 0 Å². The van der Waals surface area contributed by atoms with E-state index >= 15 is 0 Å². The van der Waals surface area contributed by atoms with Crippen molar-refractivity contribution in [1.29, 1.82) is 0 Å². The Morgan fingerprint density at radius 1 is 1.40 bits per heavy atom. The van der Waals surface area contributed by atoms with E-state index in [0.29, 0.717) is 19.0 Å². The van der Waals surface area contributed by atoms with Crippen LogP contribution in [0.2, 0.25) is 0 Å². The van der Waals surface area contributed by atoms with Crippen LogP contribution in [-0.4, -0.2) is 37.1 Å². The Balaban J connectivity index is 2.11. The molecule has 1 fully saturated rings. The normalized spacial score (nSPS) is 18.9. The summed E-state index contributed by atoms with van der Waals surface area (Å²) >= 11 is 0. The Kier molecular flexibility index (Phi) is 5.41. The van der Waals surface area contributed by atoms with Crippen LogP contribution in [0.15, 0.2) is 30.3 Å². The minimum Gasteiger partial charge on any atom is -0.330 e. The number of carbonyl (C=O) groups excluding carboxylic acids is 1. The predicted octanol–water partition coefficient (Wildman–Crippen LogP) is 2.69. The van der Waals surface area contributed by atoms with E-state index in [-0.39, 0.29) is 6.03 Å². The SMILES string of the molecule is CC1CCCN(C(=O)N(CCCN)c2ccccc2)C1. The number of urea groups is 1. The Bertz CT molecular complexity index is 421. The van der Waals surface area contributed by atoms with Crippen molar-refractivity contribution in [2.24, 2.45) is 11.7 Å². The third-order valence-corrected chi connectivity index (χ3v) is 3.81. The van der Waals surface area contributed by atoms with E-state index in [1.54, 1.807) is 0 Å². The molecule has 2 N–H and O–H groups in total. The molecule has 0 aliphatic carbocycles. The fraction of sp³-hybridized carbons (Fsp3) is 0.562. The highest BCUT2D eigenvalue weighted by Gasteiger charge is 2.25. The molecular formula is C16H25N3O. The van der Waals surface area contributed by atoms with Gasteiger partial charge in [0.1, 0.15) is 0 Å². The van der Waals surface area contributed by atoms with Crippen LogP contribution in [0.3, 0.4) is 0 Å². The first-order valence-corrected chi connectivity index (χ1v) is 7.54. The van der Waals surface area contributed by atoms with Crippen molar-refractivity contribution in [3.05, 3.63) is 30.3 Å². The van der Waals surface area contributed by atoms with Crippen LogP contribution in [0.1, 0.15) is 26.2 Å². The summed E-state index contributed by atoms with van der Waals surface area (Å²) in [6, 6.07) is 10.0. The van der Waals surface area contributed by atoms with Gasteiger partial charge in [0.2, 0.25) is 0 Å². The minimum atomic E-state index is 0.121. The van der Waals surface area contributed by atoms with Crippen LogP contribution in [-0.2, 0) is 0 Å². The van der Waals surface area contributed by atoms with E-state index in [0.717, 1.165) is 31.6 Å². The van der Waals surface area contributed by atoms with Gasteiger partial charge in [0.25, 0.3) is 0 Å². The Morgan fingerprint density at radius 2 is 2.15 bits per heavy atom. The Hall–Kier alpha value is -1.55. The van der Waals surface area contributed by atoms with E-state index in [9.17, 15) is 4.79 Å². The first-order chi connectivity index (χ1) is 9.72. The maximum absolute atomic E-state index is 12.8. The summed E-state index contributed by atoms with van der Waals surface area (Å²) in [5.41, 5.74) is 6.57. The van der Waals surface area contributed by atoms with E-state index in [4.69, 9.17) is 5.73 Å². The summed E-state index contributed by atoms with van der Waals surface area (Å²) in [5, 5.41) is 0. The third kappa shape index (κ3) is 3.73. The molecule has 0 bridgehead atoms. The summed E-state index contributed by atoms with van der Waals surface area (Å²) in [7, 11) is 0. The van der Waals surface area contributed by atoms with Gasteiger partial charge in [0.15, 0.2) is 0 Å². The highest BCUT2D eigenvalue weighted by Crippen LogP contribution is 2.20. The fourth-order valence-electron chi connectivity index (χ4n) is 2.73. The van der Waals surface area contributed by atoms with Gasteiger partial charge in [-0.15, -0.1) is 0 Å². The first kappa shape index (κ1) is 14.9. The molecule has 1 saturated heterocycles. The van der Waals surface area contributed by atoms with Crippen LogP contribution < -0.4 is 10.6 Å². The molecule has 0 saturated carbocycles. The van der Waals surface area contributed by atoms with Gasteiger partial charge in [-0.3, -0.25) is 4.90 Å². The zero-order valence-electron chi connectivity index (χ0n) is 12.3. The topological polar surface area (TPSA) is 49.6 Å². The van der Waals surface area contributed by atoms with Gasteiger partial charge in [0.05, 0.1) is 0 Å². The van der Waals surface area contributed by atoms with Crippen LogP contribution in [0, 0.1) is 5.92 Å². The molecule has 2 rings (SSSR count). The molecule has 1 atom stereocenters. The Morgan fingerprint density at radius 3 is 2.80 bits per heavy atom. The lowest BCUT2D eigenvalue weighted by Crippen LogP contribution is -2.48. The molecule has 1 aromatic carbocycles. The molecule has 110 valence electrons. The molecule has 1 aliphatic rings. The van der Waals surface area contributed by atoms with Gasteiger partial charge in [-0.2, -0.15) is 0 Å². The maximum atomic E-state index is 12.8. The fourth-order valence-corrected chi connectivity index (χ4v) is 2.73. The summed E-state index contributed by atoms with van der Waals surface area (Å²) < 4.78 is 0. The number of anilines is 1. The molecule has 1 aliphatic heterocycles. The zero-order valence-corrected chi connectivity index (χ0v) is 12.3. The van der Waals surface area contributed by atoms with Crippen molar-refractivity contribution in [2.75, 3.05) is 31.1 Å². The van der Waals surface area contributed by atoms with Crippen molar-refractivity contribution >= 4 is 11.7 Å². The van der Waals surface area contributed by atoms with Gasteiger partial charge in [-0.05, 0) is 43.9 Å². The number of rotatable bonds is 4. The standard InChI is InChI=1S/C16H25N3O/c1-14-7-5-11-18(13-14)16(20)19(12-6-10-17)15-8-3-2-4-9-15/h2-4,8-9,14H,5-7,10-13,17H2,1H3. The van der Waals surface area contributed by atoms with Crippen LogP contribution in [0.25, 0.3) is 0 Å².